The minimum atomic E-state index is 0.472. The minimum absolute atomic E-state index is 0.472. The number of hydrogen-bond acceptors (Lipinski definition) is 4. The van der Waals surface area contributed by atoms with Crippen molar-refractivity contribution in [2.45, 2.75) is 13.8 Å². The van der Waals surface area contributed by atoms with Crippen LogP contribution in [0.4, 0.5) is 5.69 Å². The van der Waals surface area contributed by atoms with E-state index in [0.29, 0.717) is 11.2 Å². The molecule has 0 N–H and O–H groups in total. The van der Waals surface area contributed by atoms with Crippen molar-refractivity contribution in [3.8, 4) is 17.3 Å². The maximum absolute atomic E-state index is 9.14. The van der Waals surface area contributed by atoms with Crippen LogP contribution in [0, 0.1) is 11.3 Å². The van der Waals surface area contributed by atoms with Crippen LogP contribution in [0.2, 0.25) is 0 Å². The average Bonchev–Trinajstić information content (AvgIpc) is 2.98. The highest BCUT2D eigenvalue weighted by molar-refractivity contribution is 5.69. The quantitative estimate of drug-likeness (QED) is 0.738. The average molecular weight is 303 g/mol. The van der Waals surface area contributed by atoms with Crippen molar-refractivity contribution in [3.63, 3.8) is 0 Å². The minimum Gasteiger partial charge on any atom is -0.346 e. The molecule has 3 aromatic rings. The third kappa shape index (κ3) is 2.55. The molecule has 0 aliphatic heterocycles. The summed E-state index contributed by atoms with van der Waals surface area (Å²) in [5.41, 5.74) is 5.03. The fourth-order valence-corrected chi connectivity index (χ4v) is 2.69. The normalized spacial score (nSPS) is 10.5. The van der Waals surface area contributed by atoms with Crippen molar-refractivity contribution >= 4 is 11.3 Å². The number of aromatic nitrogens is 3. The highest BCUT2D eigenvalue weighted by Crippen LogP contribution is 2.26. The summed E-state index contributed by atoms with van der Waals surface area (Å²) in [4.78, 5) is 6.40. The number of rotatable bonds is 4. The lowest BCUT2D eigenvalue weighted by atomic mass is 10.1. The summed E-state index contributed by atoms with van der Waals surface area (Å²) in [7, 11) is 0. The molecule has 2 heterocycles. The summed E-state index contributed by atoms with van der Waals surface area (Å²) in [5.74, 6) is 0. The molecule has 0 saturated heterocycles. The van der Waals surface area contributed by atoms with Gasteiger partial charge in [0.15, 0.2) is 5.65 Å². The molecule has 23 heavy (non-hydrogen) atoms. The van der Waals surface area contributed by atoms with Gasteiger partial charge in [-0.3, -0.25) is 0 Å². The molecule has 0 unspecified atom stereocenters. The molecule has 3 rings (SSSR count). The van der Waals surface area contributed by atoms with Gasteiger partial charge >= 0.3 is 0 Å². The molecule has 0 radical (unpaired) electrons. The highest BCUT2D eigenvalue weighted by atomic mass is 15.3. The number of hydrogen-bond donors (Lipinski definition) is 0. The smallest absolute Gasteiger partial charge is 0.173 e. The zero-order valence-corrected chi connectivity index (χ0v) is 13.2. The summed E-state index contributed by atoms with van der Waals surface area (Å²) in [5, 5.41) is 13.4. The summed E-state index contributed by atoms with van der Waals surface area (Å²) in [6, 6.07) is 12.2. The Morgan fingerprint density at radius 3 is 2.91 bits per heavy atom. The van der Waals surface area contributed by atoms with Crippen LogP contribution in [0.3, 0.4) is 0 Å². The van der Waals surface area contributed by atoms with E-state index in [1.165, 1.54) is 0 Å². The number of nitriles is 1. The molecule has 114 valence electrons. The van der Waals surface area contributed by atoms with Crippen LogP contribution in [0.5, 0.6) is 0 Å². The molecule has 0 saturated carbocycles. The van der Waals surface area contributed by atoms with Crippen molar-refractivity contribution in [1.82, 2.24) is 14.6 Å². The van der Waals surface area contributed by atoms with Crippen molar-refractivity contribution in [1.29, 1.82) is 5.26 Å². The molecule has 0 atom stereocenters. The standard InChI is InChI=1S/C18H17N5/c1-4-22(13(2)3)16-7-5-6-14(10-16)17-8-9-20-18-15(11-19)12-21-23(17)18/h5-10,12H,2,4H2,1,3H3. The van der Waals surface area contributed by atoms with Gasteiger partial charge in [-0.2, -0.15) is 10.4 Å². The van der Waals surface area contributed by atoms with E-state index in [4.69, 9.17) is 5.26 Å². The van der Waals surface area contributed by atoms with Crippen molar-refractivity contribution in [3.05, 3.63) is 60.6 Å². The van der Waals surface area contributed by atoms with Gasteiger partial charge in [-0.1, -0.05) is 18.7 Å². The van der Waals surface area contributed by atoms with Crippen molar-refractivity contribution < 1.29 is 0 Å². The maximum Gasteiger partial charge on any atom is 0.173 e. The fourth-order valence-electron chi connectivity index (χ4n) is 2.69. The lowest BCUT2D eigenvalue weighted by molar-refractivity contribution is 0.943. The Morgan fingerprint density at radius 1 is 1.39 bits per heavy atom. The van der Waals surface area contributed by atoms with Gasteiger partial charge in [0.05, 0.1) is 11.9 Å². The Labute approximate surface area is 135 Å². The first-order chi connectivity index (χ1) is 11.2. The summed E-state index contributed by atoms with van der Waals surface area (Å²) in [6.45, 7) is 8.97. The van der Waals surface area contributed by atoms with Gasteiger partial charge in [-0.15, -0.1) is 0 Å². The van der Waals surface area contributed by atoms with Gasteiger partial charge < -0.3 is 4.90 Å². The Hall–Kier alpha value is -3.13. The van der Waals surface area contributed by atoms with Crippen LogP contribution in [-0.2, 0) is 0 Å². The van der Waals surface area contributed by atoms with E-state index in [9.17, 15) is 0 Å². The van der Waals surface area contributed by atoms with E-state index < -0.39 is 0 Å². The predicted octanol–water partition coefficient (Wildman–Crippen LogP) is 3.63. The van der Waals surface area contributed by atoms with Crippen molar-refractivity contribution in [2.75, 3.05) is 11.4 Å². The molecule has 0 aliphatic carbocycles. The third-order valence-electron chi connectivity index (χ3n) is 3.75. The molecule has 0 fully saturated rings. The van der Waals surface area contributed by atoms with Crippen LogP contribution in [0.15, 0.2) is 55.0 Å². The second-order valence-corrected chi connectivity index (χ2v) is 5.27. The van der Waals surface area contributed by atoms with Gasteiger partial charge in [0, 0.05) is 29.7 Å². The number of benzene rings is 1. The largest absolute Gasteiger partial charge is 0.346 e. The summed E-state index contributed by atoms with van der Waals surface area (Å²) >= 11 is 0. The van der Waals surface area contributed by atoms with Crippen molar-refractivity contribution in [2.24, 2.45) is 0 Å². The Bertz CT molecular complexity index is 917. The summed E-state index contributed by atoms with van der Waals surface area (Å²) in [6.07, 6.45) is 3.25. The topological polar surface area (TPSA) is 57.2 Å². The van der Waals surface area contributed by atoms with E-state index in [1.807, 2.05) is 25.1 Å². The zero-order valence-electron chi connectivity index (χ0n) is 13.2. The van der Waals surface area contributed by atoms with Crippen LogP contribution >= 0.6 is 0 Å². The van der Waals surface area contributed by atoms with Gasteiger partial charge in [-0.05, 0) is 32.0 Å². The number of anilines is 1. The molecule has 0 spiro atoms. The van der Waals surface area contributed by atoms with E-state index in [0.717, 1.165) is 29.2 Å². The van der Waals surface area contributed by atoms with Crippen LogP contribution in [0.25, 0.3) is 16.9 Å². The molecule has 2 aromatic heterocycles. The second kappa shape index (κ2) is 5.93. The first kappa shape index (κ1) is 14.8. The van der Waals surface area contributed by atoms with E-state index in [-0.39, 0.29) is 0 Å². The molecule has 5 nitrogen and oxygen atoms in total. The predicted molar refractivity (Wildman–Crippen MR) is 91.0 cm³/mol. The van der Waals surface area contributed by atoms with E-state index >= 15 is 0 Å². The lowest BCUT2D eigenvalue weighted by Gasteiger charge is -2.23. The molecule has 1 aromatic carbocycles. The first-order valence-electron chi connectivity index (χ1n) is 7.42. The highest BCUT2D eigenvalue weighted by Gasteiger charge is 2.11. The molecule has 0 bridgehead atoms. The van der Waals surface area contributed by atoms with Crippen LogP contribution in [-0.4, -0.2) is 21.1 Å². The Kier molecular flexibility index (Phi) is 3.82. The monoisotopic (exact) mass is 303 g/mol. The summed E-state index contributed by atoms with van der Waals surface area (Å²) < 4.78 is 1.70. The third-order valence-corrected chi connectivity index (χ3v) is 3.75. The Morgan fingerprint density at radius 2 is 2.22 bits per heavy atom. The Balaban J connectivity index is 2.15. The molecular weight excluding hydrogens is 286 g/mol. The fraction of sp³-hybridized carbons (Fsp3) is 0.167. The van der Waals surface area contributed by atoms with E-state index in [1.54, 1.807) is 16.9 Å². The molecular formula is C18H17N5. The SMILES string of the molecule is C=C(C)N(CC)c1cccc(-c2ccnc3c(C#N)cnn23)c1. The van der Waals surface area contributed by atoms with Gasteiger partial charge in [0.2, 0.25) is 0 Å². The molecule has 5 heteroatoms. The lowest BCUT2D eigenvalue weighted by Crippen LogP contribution is -2.19. The second-order valence-electron chi connectivity index (χ2n) is 5.27. The maximum atomic E-state index is 9.14. The van der Waals surface area contributed by atoms with Gasteiger partial charge in [-0.25, -0.2) is 9.50 Å². The zero-order chi connectivity index (χ0) is 16.4. The van der Waals surface area contributed by atoms with Crippen LogP contribution in [0.1, 0.15) is 19.4 Å². The number of nitrogens with zero attached hydrogens (tertiary/aromatic N) is 5. The van der Waals surface area contributed by atoms with Gasteiger partial charge in [0.1, 0.15) is 11.6 Å². The molecule has 0 aliphatic rings. The number of allylic oxidation sites excluding steroid dienone is 1. The first-order valence-corrected chi connectivity index (χ1v) is 7.42. The molecule has 0 amide bonds. The van der Waals surface area contributed by atoms with Crippen LogP contribution < -0.4 is 4.90 Å². The number of fused-ring (bicyclic) bond motifs is 1. The van der Waals surface area contributed by atoms with E-state index in [2.05, 4.69) is 46.7 Å². The van der Waals surface area contributed by atoms with Gasteiger partial charge in [0.25, 0.3) is 0 Å².